The minimum atomic E-state index is -3.66. The van der Waals surface area contributed by atoms with Crippen molar-refractivity contribution in [1.82, 2.24) is 14.9 Å². The third-order valence-electron chi connectivity index (χ3n) is 4.44. The quantitative estimate of drug-likeness (QED) is 0.790. The van der Waals surface area contributed by atoms with Crippen molar-refractivity contribution in [3.05, 3.63) is 0 Å². The molecule has 2 bridgehead atoms. The van der Waals surface area contributed by atoms with Gasteiger partial charge in [-0.1, -0.05) is 31.6 Å². The summed E-state index contributed by atoms with van der Waals surface area (Å²) in [5, 5.41) is 10.2. The molecule has 1 amide bonds. The summed E-state index contributed by atoms with van der Waals surface area (Å²) >= 11 is 0.884. The SMILES string of the molecule is CC(C)C(=O)Nc1nnc(S(=O)(=O)N[C@H]2C[C@H]3CC[C@H]2C3)s1. The fourth-order valence-corrected chi connectivity index (χ4v) is 5.49. The highest BCUT2D eigenvalue weighted by molar-refractivity contribution is 7.91. The second kappa shape index (κ2) is 5.86. The van der Waals surface area contributed by atoms with E-state index in [9.17, 15) is 13.2 Å². The van der Waals surface area contributed by atoms with Gasteiger partial charge < -0.3 is 5.32 Å². The molecule has 3 atom stereocenters. The highest BCUT2D eigenvalue weighted by atomic mass is 32.2. The van der Waals surface area contributed by atoms with Crippen LogP contribution in [-0.2, 0) is 14.8 Å². The van der Waals surface area contributed by atoms with Crippen molar-refractivity contribution >= 4 is 32.4 Å². The predicted molar refractivity (Wildman–Crippen MR) is 82.9 cm³/mol. The molecule has 0 unspecified atom stereocenters. The topological polar surface area (TPSA) is 101 Å². The normalized spacial score (nSPS) is 27.5. The van der Waals surface area contributed by atoms with Crippen LogP contribution in [0.4, 0.5) is 5.13 Å². The van der Waals surface area contributed by atoms with Crippen molar-refractivity contribution < 1.29 is 13.2 Å². The molecule has 2 fully saturated rings. The molecule has 9 heteroatoms. The Balaban J connectivity index is 1.67. The average Bonchev–Trinajstić information content (AvgIpc) is 3.13. The van der Waals surface area contributed by atoms with Crippen molar-refractivity contribution in [1.29, 1.82) is 0 Å². The van der Waals surface area contributed by atoms with E-state index >= 15 is 0 Å². The van der Waals surface area contributed by atoms with Gasteiger partial charge in [0, 0.05) is 12.0 Å². The van der Waals surface area contributed by atoms with Crippen LogP contribution < -0.4 is 10.0 Å². The van der Waals surface area contributed by atoms with Gasteiger partial charge in [-0.2, -0.15) is 0 Å². The Labute approximate surface area is 134 Å². The van der Waals surface area contributed by atoms with Gasteiger partial charge in [0.15, 0.2) is 0 Å². The molecule has 0 aliphatic heterocycles. The molecule has 1 aromatic heterocycles. The molecule has 2 aliphatic rings. The molecule has 2 saturated carbocycles. The summed E-state index contributed by atoms with van der Waals surface area (Å²) in [4.78, 5) is 11.6. The summed E-state index contributed by atoms with van der Waals surface area (Å²) in [5.41, 5.74) is 0. The molecule has 2 aliphatic carbocycles. The number of nitrogens with zero attached hydrogens (tertiary/aromatic N) is 2. The number of carbonyl (C=O) groups is 1. The first-order chi connectivity index (χ1) is 10.3. The van der Waals surface area contributed by atoms with Crippen molar-refractivity contribution in [2.45, 2.75) is 49.9 Å². The van der Waals surface area contributed by atoms with Gasteiger partial charge in [-0.15, -0.1) is 10.2 Å². The van der Waals surface area contributed by atoms with Crippen LogP contribution in [0.1, 0.15) is 39.5 Å². The molecule has 7 nitrogen and oxygen atoms in total. The van der Waals surface area contributed by atoms with Crippen molar-refractivity contribution in [3.8, 4) is 0 Å². The van der Waals surface area contributed by atoms with Crippen LogP contribution in [0.15, 0.2) is 4.34 Å². The standard InChI is InChI=1S/C13H20N4O3S2/c1-7(2)11(18)14-12-15-16-13(21-12)22(19,20)17-10-6-8-3-4-9(10)5-8/h7-10,17H,3-6H2,1-2H3,(H,14,15,18)/t8-,9-,10-/m0/s1. The molecule has 0 saturated heterocycles. The van der Waals surface area contributed by atoms with Gasteiger partial charge in [-0.3, -0.25) is 4.79 Å². The lowest BCUT2D eigenvalue weighted by molar-refractivity contribution is -0.118. The average molecular weight is 344 g/mol. The van der Waals surface area contributed by atoms with Crippen LogP contribution in [0.2, 0.25) is 0 Å². The lowest BCUT2D eigenvalue weighted by atomic mass is 9.96. The zero-order valence-corrected chi connectivity index (χ0v) is 14.2. The Morgan fingerprint density at radius 2 is 2.05 bits per heavy atom. The van der Waals surface area contributed by atoms with E-state index < -0.39 is 10.0 Å². The highest BCUT2D eigenvalue weighted by Gasteiger charge is 2.41. The molecule has 2 N–H and O–H groups in total. The molecular formula is C13H20N4O3S2. The van der Waals surface area contributed by atoms with E-state index in [-0.39, 0.29) is 27.3 Å². The fourth-order valence-electron chi connectivity index (χ4n) is 3.26. The molecule has 0 radical (unpaired) electrons. The lowest BCUT2D eigenvalue weighted by Crippen LogP contribution is -2.38. The number of amides is 1. The number of rotatable bonds is 5. The summed E-state index contributed by atoms with van der Waals surface area (Å²) in [5.74, 6) is 0.707. The van der Waals surface area contributed by atoms with Gasteiger partial charge in [-0.05, 0) is 31.1 Å². The van der Waals surface area contributed by atoms with Gasteiger partial charge in [0.25, 0.3) is 10.0 Å². The van der Waals surface area contributed by atoms with E-state index in [0.717, 1.165) is 30.6 Å². The monoisotopic (exact) mass is 344 g/mol. The molecule has 1 heterocycles. The Morgan fingerprint density at radius 1 is 1.27 bits per heavy atom. The summed E-state index contributed by atoms with van der Waals surface area (Å²) in [6, 6.07) is 0.0151. The van der Waals surface area contributed by atoms with Crippen LogP contribution in [-0.4, -0.2) is 30.6 Å². The van der Waals surface area contributed by atoms with E-state index in [1.54, 1.807) is 13.8 Å². The number of carbonyl (C=O) groups excluding carboxylic acids is 1. The molecular weight excluding hydrogens is 324 g/mol. The van der Waals surface area contributed by atoms with Gasteiger partial charge in [0.05, 0.1) is 0 Å². The molecule has 22 heavy (non-hydrogen) atoms. The number of sulfonamides is 1. The van der Waals surface area contributed by atoms with Crippen LogP contribution in [0.5, 0.6) is 0 Å². The number of nitrogens with one attached hydrogen (secondary N) is 2. The smallest absolute Gasteiger partial charge is 0.270 e. The third-order valence-corrected chi connectivity index (χ3v) is 7.13. The zero-order valence-electron chi connectivity index (χ0n) is 12.6. The summed E-state index contributed by atoms with van der Waals surface area (Å²) in [6.45, 7) is 3.51. The number of hydrogen-bond donors (Lipinski definition) is 2. The van der Waals surface area contributed by atoms with Gasteiger partial charge in [0.2, 0.25) is 15.4 Å². The maximum atomic E-state index is 12.4. The van der Waals surface area contributed by atoms with Gasteiger partial charge in [-0.25, -0.2) is 13.1 Å². The number of aromatic nitrogens is 2. The Bertz CT molecular complexity index is 671. The summed E-state index contributed by atoms with van der Waals surface area (Å²) < 4.78 is 27.4. The zero-order chi connectivity index (χ0) is 15.9. The Morgan fingerprint density at radius 3 is 2.64 bits per heavy atom. The number of anilines is 1. The number of fused-ring (bicyclic) bond motifs is 2. The van der Waals surface area contributed by atoms with Crippen LogP contribution in [0, 0.1) is 17.8 Å². The second-order valence-corrected chi connectivity index (χ2v) is 9.28. The first-order valence-corrected chi connectivity index (χ1v) is 9.82. The summed E-state index contributed by atoms with van der Waals surface area (Å²) in [6.07, 6.45) is 4.36. The largest absolute Gasteiger partial charge is 0.300 e. The maximum Gasteiger partial charge on any atom is 0.270 e. The van der Waals surface area contributed by atoms with Crippen molar-refractivity contribution in [3.63, 3.8) is 0 Å². The third kappa shape index (κ3) is 3.16. The number of hydrogen-bond acceptors (Lipinski definition) is 6. The highest BCUT2D eigenvalue weighted by Crippen LogP contribution is 2.44. The van der Waals surface area contributed by atoms with E-state index in [0.29, 0.717) is 11.8 Å². The molecule has 0 spiro atoms. The van der Waals surface area contributed by atoms with E-state index in [4.69, 9.17) is 0 Å². The lowest BCUT2D eigenvalue weighted by Gasteiger charge is -2.21. The van der Waals surface area contributed by atoms with E-state index in [1.165, 1.54) is 6.42 Å². The molecule has 3 rings (SSSR count). The van der Waals surface area contributed by atoms with E-state index in [2.05, 4.69) is 20.2 Å². The predicted octanol–water partition coefficient (Wildman–Crippen LogP) is 1.60. The van der Waals surface area contributed by atoms with E-state index in [1.807, 2.05) is 0 Å². The molecule has 122 valence electrons. The minimum Gasteiger partial charge on any atom is -0.300 e. The van der Waals surface area contributed by atoms with Crippen molar-refractivity contribution in [2.75, 3.05) is 5.32 Å². The maximum absolute atomic E-state index is 12.4. The van der Waals surface area contributed by atoms with Crippen molar-refractivity contribution in [2.24, 2.45) is 17.8 Å². The van der Waals surface area contributed by atoms with Crippen LogP contribution in [0.25, 0.3) is 0 Å². The summed E-state index contributed by atoms with van der Waals surface area (Å²) in [7, 11) is -3.66. The fraction of sp³-hybridized carbons (Fsp3) is 0.769. The second-order valence-electron chi connectivity index (χ2n) is 6.42. The minimum absolute atomic E-state index is 0.0151. The molecule has 0 aromatic carbocycles. The first kappa shape index (κ1) is 15.8. The first-order valence-electron chi connectivity index (χ1n) is 7.52. The van der Waals surface area contributed by atoms with Gasteiger partial charge >= 0.3 is 0 Å². The van der Waals surface area contributed by atoms with Crippen LogP contribution in [0.3, 0.4) is 0 Å². The molecule has 1 aromatic rings. The van der Waals surface area contributed by atoms with Crippen LogP contribution >= 0.6 is 11.3 Å². The Kier molecular flexibility index (Phi) is 4.21. The van der Waals surface area contributed by atoms with Gasteiger partial charge in [0.1, 0.15) is 0 Å². The Hall–Kier alpha value is -1.06.